The first-order valence-electron chi connectivity index (χ1n) is 10.8. The van der Waals surface area contributed by atoms with Gasteiger partial charge in [-0.05, 0) is 30.0 Å². The van der Waals surface area contributed by atoms with Gasteiger partial charge in [0.1, 0.15) is 6.04 Å². The van der Waals surface area contributed by atoms with E-state index in [4.69, 9.17) is 21.1 Å². The highest BCUT2D eigenvalue weighted by Gasteiger charge is 2.24. The first-order chi connectivity index (χ1) is 16.2. The molecule has 0 saturated carbocycles. The molecular formula is C25H29ClN2O6. The van der Waals surface area contributed by atoms with Gasteiger partial charge in [0.25, 0.3) is 11.8 Å². The van der Waals surface area contributed by atoms with E-state index in [0.717, 1.165) is 0 Å². The van der Waals surface area contributed by atoms with Crippen molar-refractivity contribution in [2.45, 2.75) is 38.8 Å². The van der Waals surface area contributed by atoms with Crippen molar-refractivity contribution in [1.82, 2.24) is 10.6 Å². The Kier molecular flexibility index (Phi) is 10.5. The van der Waals surface area contributed by atoms with Gasteiger partial charge in [0.2, 0.25) is 0 Å². The van der Waals surface area contributed by atoms with E-state index in [1.54, 1.807) is 48.5 Å². The molecule has 0 aromatic heterocycles. The molecule has 2 N–H and O–H groups in total. The monoisotopic (exact) mass is 488 g/mol. The average Bonchev–Trinajstić information content (AvgIpc) is 2.82. The summed E-state index contributed by atoms with van der Waals surface area (Å²) in [7, 11) is 1.24. The third-order valence-electron chi connectivity index (χ3n) is 4.89. The number of benzene rings is 2. The highest BCUT2D eigenvalue weighted by atomic mass is 35.5. The van der Waals surface area contributed by atoms with Crippen molar-refractivity contribution in [1.29, 1.82) is 0 Å². The van der Waals surface area contributed by atoms with Crippen LogP contribution in [0.25, 0.3) is 0 Å². The van der Waals surface area contributed by atoms with E-state index in [0.29, 0.717) is 12.0 Å². The van der Waals surface area contributed by atoms with Gasteiger partial charge >= 0.3 is 11.9 Å². The summed E-state index contributed by atoms with van der Waals surface area (Å²) in [5.74, 6) is -2.19. The van der Waals surface area contributed by atoms with Gasteiger partial charge in [0, 0.05) is 0 Å². The summed E-state index contributed by atoms with van der Waals surface area (Å²) in [6.07, 6.45) is 0.177. The molecule has 182 valence electrons. The van der Waals surface area contributed by atoms with Crippen LogP contribution in [0.4, 0.5) is 0 Å². The zero-order valence-electron chi connectivity index (χ0n) is 19.4. The Balaban J connectivity index is 2.01. The molecule has 0 bridgehead atoms. The molecule has 0 radical (unpaired) electrons. The lowest BCUT2D eigenvalue weighted by Gasteiger charge is -2.20. The van der Waals surface area contributed by atoms with Crippen molar-refractivity contribution in [3.05, 3.63) is 70.7 Å². The van der Waals surface area contributed by atoms with Crippen LogP contribution in [0.5, 0.6) is 0 Å². The Morgan fingerprint density at radius 1 is 0.941 bits per heavy atom. The SMILES string of the molecule is COC(=O)C(CC(C)C)NC(=O)COC(=O)CC(NC(=O)c1ccccc1Cl)c1ccccc1. The number of carbonyl (C=O) groups is 4. The van der Waals surface area contributed by atoms with E-state index in [2.05, 4.69) is 10.6 Å². The van der Waals surface area contributed by atoms with Gasteiger partial charge in [0.05, 0.1) is 30.2 Å². The van der Waals surface area contributed by atoms with Crippen LogP contribution < -0.4 is 10.6 Å². The highest BCUT2D eigenvalue weighted by molar-refractivity contribution is 6.33. The number of nitrogens with one attached hydrogen (secondary N) is 2. The number of methoxy groups -OCH3 is 1. The minimum atomic E-state index is -0.830. The normalized spacial score (nSPS) is 12.4. The Bertz CT molecular complexity index is 996. The number of hydrogen-bond acceptors (Lipinski definition) is 6. The maximum absolute atomic E-state index is 12.7. The molecule has 8 nitrogen and oxygen atoms in total. The molecule has 0 fully saturated rings. The van der Waals surface area contributed by atoms with Crippen molar-refractivity contribution in [2.24, 2.45) is 5.92 Å². The average molecular weight is 489 g/mol. The standard InChI is InChI=1S/C25H29ClN2O6/c1-16(2)13-21(25(32)33-3)27-22(29)15-34-23(30)14-20(17-9-5-4-6-10-17)28-24(31)18-11-7-8-12-19(18)26/h4-12,16,20-21H,13-15H2,1-3H3,(H,27,29)(H,28,31). The van der Waals surface area contributed by atoms with Crippen molar-refractivity contribution in [3.63, 3.8) is 0 Å². The van der Waals surface area contributed by atoms with Crippen LogP contribution in [0.1, 0.15) is 48.7 Å². The summed E-state index contributed by atoms with van der Waals surface area (Å²) >= 11 is 6.11. The number of amides is 2. The highest BCUT2D eigenvalue weighted by Crippen LogP contribution is 2.20. The number of carbonyl (C=O) groups excluding carboxylic acids is 4. The Hall–Kier alpha value is -3.39. The summed E-state index contributed by atoms with van der Waals surface area (Å²) in [6, 6.07) is 14.0. The van der Waals surface area contributed by atoms with Gasteiger partial charge in [-0.25, -0.2) is 4.79 Å². The van der Waals surface area contributed by atoms with E-state index in [1.807, 2.05) is 19.9 Å². The molecule has 0 heterocycles. The van der Waals surface area contributed by atoms with Crippen LogP contribution in [-0.2, 0) is 23.9 Å². The fraction of sp³-hybridized carbons (Fsp3) is 0.360. The minimum absolute atomic E-state index is 0.139. The van der Waals surface area contributed by atoms with Crippen LogP contribution in [0.2, 0.25) is 5.02 Å². The topological polar surface area (TPSA) is 111 Å². The smallest absolute Gasteiger partial charge is 0.328 e. The molecule has 0 aliphatic carbocycles. The van der Waals surface area contributed by atoms with Crippen molar-refractivity contribution in [2.75, 3.05) is 13.7 Å². The van der Waals surface area contributed by atoms with Crippen molar-refractivity contribution < 1.29 is 28.7 Å². The first kappa shape index (κ1) is 26.9. The van der Waals surface area contributed by atoms with E-state index in [9.17, 15) is 19.2 Å². The molecule has 2 rings (SSSR count). The summed E-state index contributed by atoms with van der Waals surface area (Å²) in [5, 5.41) is 5.61. The van der Waals surface area contributed by atoms with E-state index < -0.39 is 42.4 Å². The van der Waals surface area contributed by atoms with Crippen LogP contribution in [0.3, 0.4) is 0 Å². The predicted octanol–water partition coefficient (Wildman–Crippen LogP) is 3.45. The third kappa shape index (κ3) is 8.51. The molecule has 0 spiro atoms. The van der Waals surface area contributed by atoms with E-state index in [1.165, 1.54) is 7.11 Å². The molecule has 2 amide bonds. The molecule has 34 heavy (non-hydrogen) atoms. The predicted molar refractivity (Wildman–Crippen MR) is 127 cm³/mol. The Labute approximate surface area is 204 Å². The van der Waals surface area contributed by atoms with E-state index >= 15 is 0 Å². The first-order valence-corrected chi connectivity index (χ1v) is 11.2. The molecule has 2 aromatic rings. The summed E-state index contributed by atoms with van der Waals surface area (Å²) in [4.78, 5) is 49.3. The van der Waals surface area contributed by atoms with Gasteiger partial charge in [-0.2, -0.15) is 0 Å². The second-order valence-corrected chi connectivity index (χ2v) is 8.46. The third-order valence-corrected chi connectivity index (χ3v) is 5.22. The number of esters is 2. The molecule has 0 aliphatic heterocycles. The van der Waals surface area contributed by atoms with Gasteiger partial charge in [-0.3, -0.25) is 14.4 Å². The van der Waals surface area contributed by atoms with Crippen molar-refractivity contribution >= 4 is 35.4 Å². The number of ether oxygens (including phenoxy) is 2. The van der Waals surface area contributed by atoms with Crippen LogP contribution in [0, 0.1) is 5.92 Å². The minimum Gasteiger partial charge on any atom is -0.467 e. The lowest BCUT2D eigenvalue weighted by molar-refractivity contribution is -0.150. The maximum Gasteiger partial charge on any atom is 0.328 e. The van der Waals surface area contributed by atoms with Crippen LogP contribution >= 0.6 is 11.6 Å². The fourth-order valence-electron chi connectivity index (χ4n) is 3.25. The maximum atomic E-state index is 12.7. The molecule has 0 saturated heterocycles. The van der Waals surface area contributed by atoms with Gasteiger partial charge in [0.15, 0.2) is 6.61 Å². The molecule has 2 aromatic carbocycles. The summed E-state index contributed by atoms with van der Waals surface area (Å²) < 4.78 is 9.82. The van der Waals surface area contributed by atoms with Gasteiger partial charge < -0.3 is 20.1 Å². The van der Waals surface area contributed by atoms with Gasteiger partial charge in [-0.1, -0.05) is 67.9 Å². The van der Waals surface area contributed by atoms with Crippen LogP contribution in [-0.4, -0.2) is 43.5 Å². The zero-order chi connectivity index (χ0) is 25.1. The molecule has 9 heteroatoms. The second-order valence-electron chi connectivity index (χ2n) is 8.05. The van der Waals surface area contributed by atoms with Gasteiger partial charge in [-0.15, -0.1) is 0 Å². The Morgan fingerprint density at radius 2 is 1.59 bits per heavy atom. The largest absolute Gasteiger partial charge is 0.467 e. The quantitative estimate of drug-likeness (QED) is 0.469. The second kappa shape index (κ2) is 13.3. The fourth-order valence-corrected chi connectivity index (χ4v) is 3.48. The summed E-state index contributed by atoms with van der Waals surface area (Å²) in [6.45, 7) is 3.25. The molecule has 2 unspecified atom stereocenters. The lowest BCUT2D eigenvalue weighted by atomic mass is 10.0. The number of halogens is 1. The molecular weight excluding hydrogens is 460 g/mol. The Morgan fingerprint density at radius 3 is 2.21 bits per heavy atom. The lowest BCUT2D eigenvalue weighted by Crippen LogP contribution is -2.44. The summed E-state index contributed by atoms with van der Waals surface area (Å²) in [5.41, 5.74) is 0.962. The van der Waals surface area contributed by atoms with E-state index in [-0.39, 0.29) is 22.9 Å². The molecule has 2 atom stereocenters. The zero-order valence-corrected chi connectivity index (χ0v) is 20.1. The number of hydrogen-bond donors (Lipinski definition) is 2. The molecule has 0 aliphatic rings. The number of rotatable bonds is 11. The van der Waals surface area contributed by atoms with Crippen LogP contribution in [0.15, 0.2) is 54.6 Å². The van der Waals surface area contributed by atoms with Crippen molar-refractivity contribution in [3.8, 4) is 0 Å².